The lowest BCUT2D eigenvalue weighted by atomic mass is 10.1. The maximum atomic E-state index is 11.7. The molecule has 0 unspecified atom stereocenters. The van der Waals surface area contributed by atoms with Crippen molar-refractivity contribution in [2.45, 2.75) is 12.5 Å². The Hall–Kier alpha value is -2.57. The van der Waals surface area contributed by atoms with Crippen LogP contribution in [0, 0.1) is 0 Å². The van der Waals surface area contributed by atoms with Crippen LogP contribution in [-0.2, 0) is 20.7 Å². The molecule has 3 rings (SSSR count). The van der Waals surface area contributed by atoms with Crippen LogP contribution in [0.4, 0.5) is 16.2 Å². The van der Waals surface area contributed by atoms with E-state index in [-0.39, 0.29) is 12.5 Å². The number of amides is 3. The van der Waals surface area contributed by atoms with Crippen LogP contribution >= 0.6 is 0 Å². The van der Waals surface area contributed by atoms with Crippen LogP contribution in [0.25, 0.3) is 0 Å². The van der Waals surface area contributed by atoms with Crippen LogP contribution in [0.15, 0.2) is 18.2 Å². The lowest BCUT2D eigenvalue weighted by Crippen LogP contribution is -2.32. The van der Waals surface area contributed by atoms with Crippen LogP contribution in [-0.4, -0.2) is 37.6 Å². The van der Waals surface area contributed by atoms with Crippen LogP contribution in [0.1, 0.15) is 5.56 Å². The fourth-order valence-corrected chi connectivity index (χ4v) is 2.45. The van der Waals surface area contributed by atoms with E-state index >= 15 is 0 Å². The minimum absolute atomic E-state index is 0.0103. The second-order valence-corrected chi connectivity index (χ2v) is 4.83. The van der Waals surface area contributed by atoms with Crippen molar-refractivity contribution >= 4 is 29.3 Å². The molecule has 0 aromatic heterocycles. The van der Waals surface area contributed by atoms with E-state index in [1.54, 1.807) is 30.1 Å². The van der Waals surface area contributed by atoms with Gasteiger partial charge < -0.3 is 15.4 Å². The van der Waals surface area contributed by atoms with Crippen LogP contribution in [0.3, 0.4) is 0 Å². The van der Waals surface area contributed by atoms with Gasteiger partial charge in [0, 0.05) is 18.4 Å². The molecule has 7 nitrogen and oxygen atoms in total. The second-order valence-electron chi connectivity index (χ2n) is 4.83. The number of carbonyl (C=O) groups excluding carboxylic acids is 3. The van der Waals surface area contributed by atoms with Crippen LogP contribution < -0.4 is 15.5 Å². The van der Waals surface area contributed by atoms with E-state index in [1.165, 1.54) is 4.90 Å². The molecule has 0 bridgehead atoms. The Bertz CT molecular complexity index is 628. The third-order valence-corrected chi connectivity index (χ3v) is 3.58. The first kappa shape index (κ1) is 12.5. The number of hydrogen-bond acceptors (Lipinski definition) is 4. The molecule has 2 heterocycles. The highest BCUT2D eigenvalue weighted by Crippen LogP contribution is 2.32. The number of carbonyl (C=O) groups is 3. The summed E-state index contributed by atoms with van der Waals surface area (Å²) in [6.45, 7) is 0.0940. The third-order valence-electron chi connectivity index (χ3n) is 3.58. The molecular weight excluding hydrogens is 262 g/mol. The smallest absolute Gasteiger partial charge is 0.415 e. The first-order chi connectivity index (χ1) is 9.47. The molecule has 7 heteroatoms. The number of likely N-dealkylation sites (N-methyl/N-ethyl adjacent to an activating group) is 1. The van der Waals surface area contributed by atoms with Gasteiger partial charge in [-0.2, -0.15) is 0 Å². The van der Waals surface area contributed by atoms with E-state index < -0.39 is 18.1 Å². The number of rotatable bonds is 2. The molecule has 0 radical (unpaired) electrons. The van der Waals surface area contributed by atoms with Gasteiger partial charge in [0.25, 0.3) is 5.91 Å². The van der Waals surface area contributed by atoms with E-state index in [1.807, 2.05) is 0 Å². The van der Waals surface area contributed by atoms with E-state index in [9.17, 15) is 14.4 Å². The van der Waals surface area contributed by atoms with Crippen molar-refractivity contribution in [2.75, 3.05) is 23.4 Å². The molecule has 20 heavy (non-hydrogen) atoms. The molecule has 0 saturated carbocycles. The Labute approximate surface area is 114 Å². The van der Waals surface area contributed by atoms with Gasteiger partial charge in [0.05, 0.1) is 13.0 Å². The number of hydrogen-bond donors (Lipinski definition) is 1. The van der Waals surface area contributed by atoms with Gasteiger partial charge in [-0.1, -0.05) is 0 Å². The number of nitrogens with zero attached hydrogens (tertiary/aromatic N) is 2. The highest BCUT2D eigenvalue weighted by Gasteiger charge is 2.36. The van der Waals surface area contributed by atoms with Crippen molar-refractivity contribution < 1.29 is 19.1 Å². The molecule has 3 amide bonds. The lowest BCUT2D eigenvalue weighted by Gasteiger charge is -2.15. The summed E-state index contributed by atoms with van der Waals surface area (Å²) in [7, 11) is 1.71. The van der Waals surface area contributed by atoms with Crippen LogP contribution in [0.5, 0.6) is 0 Å². The summed E-state index contributed by atoms with van der Waals surface area (Å²) in [5.41, 5.74) is 7.41. The van der Waals surface area contributed by atoms with Crippen molar-refractivity contribution in [1.29, 1.82) is 0 Å². The normalized spacial score (nSPS) is 21.1. The van der Waals surface area contributed by atoms with Gasteiger partial charge in [-0.15, -0.1) is 0 Å². The molecule has 2 aliphatic heterocycles. The summed E-state index contributed by atoms with van der Waals surface area (Å²) < 4.78 is 4.89. The Morgan fingerprint density at radius 2 is 2.15 bits per heavy atom. The highest BCUT2D eigenvalue weighted by atomic mass is 16.6. The first-order valence-corrected chi connectivity index (χ1v) is 6.14. The molecule has 1 fully saturated rings. The summed E-state index contributed by atoms with van der Waals surface area (Å²) in [6, 6.07) is 5.26. The summed E-state index contributed by atoms with van der Waals surface area (Å²) in [5, 5.41) is 0. The number of anilines is 2. The summed E-state index contributed by atoms with van der Waals surface area (Å²) >= 11 is 0. The van der Waals surface area contributed by atoms with Crippen molar-refractivity contribution in [3.8, 4) is 0 Å². The molecule has 0 spiro atoms. The minimum Gasteiger partial charge on any atom is -0.434 e. The quantitative estimate of drug-likeness (QED) is 0.823. The van der Waals surface area contributed by atoms with E-state index in [0.717, 1.165) is 11.3 Å². The lowest BCUT2D eigenvalue weighted by molar-refractivity contribution is -0.124. The van der Waals surface area contributed by atoms with Crippen molar-refractivity contribution in [2.24, 2.45) is 5.73 Å². The zero-order chi connectivity index (χ0) is 14.4. The Morgan fingerprint density at radius 3 is 2.80 bits per heavy atom. The standard InChI is InChI=1S/C13H13N3O4/c1-15-9-3-2-8(4-7(9)5-11(15)17)16-6-10(12(14)18)20-13(16)19/h2-4,10H,5-6H2,1H3,(H2,14,18)/t10-/m1/s1. The molecule has 1 aromatic carbocycles. The van der Waals surface area contributed by atoms with Gasteiger partial charge in [0.2, 0.25) is 5.91 Å². The maximum absolute atomic E-state index is 11.7. The van der Waals surface area contributed by atoms with Gasteiger partial charge in [-0.3, -0.25) is 14.5 Å². The predicted molar refractivity (Wildman–Crippen MR) is 70.4 cm³/mol. The minimum atomic E-state index is -0.930. The molecule has 1 aromatic rings. The topological polar surface area (TPSA) is 92.9 Å². The zero-order valence-electron chi connectivity index (χ0n) is 10.8. The van der Waals surface area contributed by atoms with Crippen molar-refractivity contribution in [3.05, 3.63) is 23.8 Å². The Balaban J connectivity index is 1.90. The van der Waals surface area contributed by atoms with Crippen molar-refractivity contribution in [1.82, 2.24) is 0 Å². The van der Waals surface area contributed by atoms with E-state index in [0.29, 0.717) is 12.1 Å². The van der Waals surface area contributed by atoms with E-state index in [2.05, 4.69) is 0 Å². The van der Waals surface area contributed by atoms with Crippen LogP contribution in [0.2, 0.25) is 0 Å². The average molecular weight is 275 g/mol. The molecule has 2 aliphatic rings. The number of primary amides is 1. The molecule has 0 aliphatic carbocycles. The molecule has 1 saturated heterocycles. The first-order valence-electron chi connectivity index (χ1n) is 6.14. The number of cyclic esters (lactones) is 1. The Kier molecular flexibility index (Phi) is 2.63. The number of fused-ring (bicyclic) bond motifs is 1. The van der Waals surface area contributed by atoms with Gasteiger partial charge >= 0.3 is 6.09 Å². The molecule has 104 valence electrons. The number of benzene rings is 1. The SMILES string of the molecule is CN1C(=O)Cc2cc(N3C[C@H](C(N)=O)OC3=O)ccc21. The third kappa shape index (κ3) is 1.78. The second kappa shape index (κ2) is 4.22. The fraction of sp³-hybridized carbons (Fsp3) is 0.308. The van der Waals surface area contributed by atoms with Gasteiger partial charge in [0.1, 0.15) is 0 Å². The fourth-order valence-electron chi connectivity index (χ4n) is 2.45. The van der Waals surface area contributed by atoms with Crippen molar-refractivity contribution in [3.63, 3.8) is 0 Å². The highest BCUT2D eigenvalue weighted by molar-refractivity contribution is 6.02. The Morgan fingerprint density at radius 1 is 1.40 bits per heavy atom. The average Bonchev–Trinajstić information content (AvgIpc) is 2.91. The molecule has 2 N–H and O–H groups in total. The zero-order valence-corrected chi connectivity index (χ0v) is 10.8. The number of nitrogens with two attached hydrogens (primary N) is 1. The summed E-state index contributed by atoms with van der Waals surface area (Å²) in [6.07, 6.45) is -1.23. The monoisotopic (exact) mass is 275 g/mol. The number of ether oxygens (including phenoxy) is 1. The summed E-state index contributed by atoms with van der Waals surface area (Å²) in [4.78, 5) is 37.4. The van der Waals surface area contributed by atoms with Gasteiger partial charge in [0.15, 0.2) is 6.10 Å². The molecule has 1 atom stereocenters. The van der Waals surface area contributed by atoms with Gasteiger partial charge in [-0.25, -0.2) is 4.79 Å². The maximum Gasteiger partial charge on any atom is 0.415 e. The van der Waals surface area contributed by atoms with Gasteiger partial charge in [-0.05, 0) is 23.8 Å². The predicted octanol–water partition coefficient (Wildman–Crippen LogP) is 0.0160. The largest absolute Gasteiger partial charge is 0.434 e. The van der Waals surface area contributed by atoms with E-state index in [4.69, 9.17) is 10.5 Å². The summed E-state index contributed by atoms with van der Waals surface area (Å²) in [5.74, 6) is -0.659. The molecular formula is C13H13N3O4.